The van der Waals surface area contributed by atoms with Crippen LogP contribution >= 0.6 is 0 Å². The number of rotatable bonds is 6. The summed E-state index contributed by atoms with van der Waals surface area (Å²) in [4.78, 5) is 15.7. The number of nitrogens with one attached hydrogen (secondary N) is 1. The van der Waals surface area contributed by atoms with Crippen LogP contribution in [0, 0.1) is 5.92 Å². The van der Waals surface area contributed by atoms with Crippen LogP contribution in [0.1, 0.15) is 36.7 Å². The van der Waals surface area contributed by atoms with Crippen molar-refractivity contribution in [2.75, 3.05) is 25.0 Å². The fourth-order valence-electron chi connectivity index (χ4n) is 5.02. The quantitative estimate of drug-likeness (QED) is 0.245. The Hall–Kier alpha value is -3.73. The lowest BCUT2D eigenvalue weighted by Gasteiger charge is -2.30. The summed E-state index contributed by atoms with van der Waals surface area (Å²) in [6.07, 6.45) is -4.95. The van der Waals surface area contributed by atoms with Gasteiger partial charge in [0.15, 0.2) is 0 Å². The van der Waals surface area contributed by atoms with E-state index in [2.05, 4.69) is 32.1 Å². The SMILES string of the molecule is CC1CCCN(CCc2nc(Nc3ccc(C(F)(F)F)cc3)c3ccc(-c4ncccc4C(F)(F)F)cc3n2)C1. The van der Waals surface area contributed by atoms with Gasteiger partial charge >= 0.3 is 12.4 Å². The van der Waals surface area contributed by atoms with Gasteiger partial charge in [0, 0.05) is 42.3 Å². The molecule has 2 aromatic heterocycles. The maximum absolute atomic E-state index is 13.7. The first-order valence-electron chi connectivity index (χ1n) is 13.0. The van der Waals surface area contributed by atoms with E-state index >= 15 is 0 Å². The molecule has 1 fully saturated rings. The zero-order valence-electron chi connectivity index (χ0n) is 21.7. The van der Waals surface area contributed by atoms with E-state index in [1.165, 1.54) is 36.9 Å². The zero-order chi connectivity index (χ0) is 28.5. The van der Waals surface area contributed by atoms with Crippen molar-refractivity contribution in [3.05, 3.63) is 77.7 Å². The molecule has 1 aliphatic rings. The molecule has 5 rings (SSSR count). The average molecular weight is 560 g/mol. The molecular formula is C29H27F6N5. The highest BCUT2D eigenvalue weighted by Crippen LogP contribution is 2.37. The summed E-state index contributed by atoms with van der Waals surface area (Å²) in [6, 6.07) is 11.4. The topological polar surface area (TPSA) is 53.9 Å². The highest BCUT2D eigenvalue weighted by Gasteiger charge is 2.34. The smallest absolute Gasteiger partial charge is 0.340 e. The Balaban J connectivity index is 1.53. The summed E-state index contributed by atoms with van der Waals surface area (Å²) in [5.41, 5.74) is -0.805. The van der Waals surface area contributed by atoms with Crippen LogP contribution in [0.5, 0.6) is 0 Å². The molecule has 40 heavy (non-hydrogen) atoms. The first-order chi connectivity index (χ1) is 19.0. The number of aromatic nitrogens is 3. The van der Waals surface area contributed by atoms with Gasteiger partial charge in [-0.3, -0.25) is 4.98 Å². The molecule has 0 bridgehead atoms. The van der Waals surface area contributed by atoms with Gasteiger partial charge in [-0.25, -0.2) is 9.97 Å². The molecule has 2 aromatic carbocycles. The summed E-state index contributed by atoms with van der Waals surface area (Å²) in [5, 5.41) is 3.60. The predicted molar refractivity (Wildman–Crippen MR) is 141 cm³/mol. The highest BCUT2D eigenvalue weighted by molar-refractivity contribution is 5.93. The molecule has 0 spiro atoms. The van der Waals surface area contributed by atoms with Gasteiger partial charge in [0.25, 0.3) is 0 Å². The van der Waals surface area contributed by atoms with Gasteiger partial charge in [0.2, 0.25) is 0 Å². The average Bonchev–Trinajstić information content (AvgIpc) is 2.91. The number of fused-ring (bicyclic) bond motifs is 1. The van der Waals surface area contributed by atoms with E-state index in [0.717, 1.165) is 37.7 Å². The molecule has 0 saturated carbocycles. The summed E-state index contributed by atoms with van der Waals surface area (Å²) < 4.78 is 80.1. The van der Waals surface area contributed by atoms with E-state index in [0.29, 0.717) is 47.1 Å². The van der Waals surface area contributed by atoms with Gasteiger partial charge in [-0.1, -0.05) is 13.0 Å². The Morgan fingerprint density at radius 1 is 0.950 bits per heavy atom. The molecule has 210 valence electrons. The lowest BCUT2D eigenvalue weighted by atomic mass is 10.0. The number of likely N-dealkylation sites (tertiary alicyclic amines) is 1. The second kappa shape index (κ2) is 11.0. The van der Waals surface area contributed by atoms with Crippen LogP contribution in [-0.2, 0) is 18.8 Å². The predicted octanol–water partition coefficient (Wildman–Crippen LogP) is 7.75. The molecule has 1 atom stereocenters. The van der Waals surface area contributed by atoms with Gasteiger partial charge in [0.1, 0.15) is 11.6 Å². The maximum atomic E-state index is 13.7. The Bertz CT molecular complexity index is 1480. The Labute approximate surface area is 227 Å². The minimum absolute atomic E-state index is 0.211. The molecule has 1 aliphatic heterocycles. The first-order valence-corrected chi connectivity index (χ1v) is 13.0. The summed E-state index contributed by atoms with van der Waals surface area (Å²) in [5.74, 6) is 1.43. The van der Waals surface area contributed by atoms with E-state index in [-0.39, 0.29) is 11.3 Å². The second-order valence-corrected chi connectivity index (χ2v) is 10.1. The van der Waals surface area contributed by atoms with Crippen LogP contribution in [0.3, 0.4) is 0 Å². The lowest BCUT2D eigenvalue weighted by Crippen LogP contribution is -2.35. The van der Waals surface area contributed by atoms with Gasteiger partial charge < -0.3 is 10.2 Å². The van der Waals surface area contributed by atoms with E-state index in [1.54, 1.807) is 12.1 Å². The third kappa shape index (κ3) is 6.35. The van der Waals surface area contributed by atoms with Crippen molar-refractivity contribution in [1.29, 1.82) is 0 Å². The fraction of sp³-hybridized carbons (Fsp3) is 0.345. The van der Waals surface area contributed by atoms with Gasteiger partial charge in [-0.05, 0) is 73.8 Å². The third-order valence-electron chi connectivity index (χ3n) is 7.00. The van der Waals surface area contributed by atoms with Gasteiger partial charge in [-0.2, -0.15) is 26.3 Å². The molecule has 11 heteroatoms. The molecule has 0 radical (unpaired) electrons. The number of halogens is 6. The number of nitrogens with zero attached hydrogens (tertiary/aromatic N) is 4. The lowest BCUT2D eigenvalue weighted by molar-refractivity contribution is -0.138. The number of alkyl halides is 6. The normalized spacial score (nSPS) is 16.8. The number of anilines is 2. The second-order valence-electron chi connectivity index (χ2n) is 10.1. The zero-order valence-corrected chi connectivity index (χ0v) is 21.7. The van der Waals surface area contributed by atoms with Crippen LogP contribution in [0.2, 0.25) is 0 Å². The Kier molecular flexibility index (Phi) is 7.67. The molecule has 0 aliphatic carbocycles. The number of benzene rings is 2. The highest BCUT2D eigenvalue weighted by atomic mass is 19.4. The van der Waals surface area contributed by atoms with E-state index in [4.69, 9.17) is 0 Å². The number of hydrogen-bond donors (Lipinski definition) is 1. The minimum atomic E-state index is -4.59. The van der Waals surface area contributed by atoms with Crippen LogP contribution < -0.4 is 5.32 Å². The molecule has 3 heterocycles. The molecule has 1 saturated heterocycles. The van der Waals surface area contributed by atoms with E-state index in [1.807, 2.05) is 0 Å². The van der Waals surface area contributed by atoms with Crippen molar-refractivity contribution in [3.8, 4) is 11.3 Å². The van der Waals surface area contributed by atoms with Gasteiger partial charge in [0.05, 0.1) is 22.3 Å². The first kappa shape index (κ1) is 27.8. The molecule has 1 N–H and O–H groups in total. The molecule has 1 unspecified atom stereocenters. The monoisotopic (exact) mass is 559 g/mol. The maximum Gasteiger partial charge on any atom is 0.418 e. The molecule has 5 nitrogen and oxygen atoms in total. The number of hydrogen-bond acceptors (Lipinski definition) is 5. The summed E-state index contributed by atoms with van der Waals surface area (Å²) in [6.45, 7) is 4.86. The van der Waals surface area contributed by atoms with Crippen LogP contribution in [0.4, 0.5) is 37.8 Å². The molecular weight excluding hydrogens is 532 g/mol. The van der Waals surface area contributed by atoms with Crippen LogP contribution in [0.15, 0.2) is 60.8 Å². The van der Waals surface area contributed by atoms with Crippen LogP contribution in [0.25, 0.3) is 22.2 Å². The Morgan fingerprint density at radius 2 is 1.73 bits per heavy atom. The molecule has 0 amide bonds. The van der Waals surface area contributed by atoms with Crippen molar-refractivity contribution in [3.63, 3.8) is 0 Å². The van der Waals surface area contributed by atoms with Crippen molar-refractivity contribution in [2.45, 2.75) is 38.5 Å². The third-order valence-corrected chi connectivity index (χ3v) is 7.00. The Morgan fingerprint density at radius 3 is 2.42 bits per heavy atom. The number of pyridine rings is 1. The summed E-state index contributed by atoms with van der Waals surface area (Å²) >= 11 is 0. The van der Waals surface area contributed by atoms with Crippen molar-refractivity contribution < 1.29 is 26.3 Å². The van der Waals surface area contributed by atoms with Crippen molar-refractivity contribution >= 4 is 22.4 Å². The van der Waals surface area contributed by atoms with Crippen molar-refractivity contribution in [2.24, 2.45) is 5.92 Å². The summed E-state index contributed by atoms with van der Waals surface area (Å²) in [7, 11) is 0. The minimum Gasteiger partial charge on any atom is -0.340 e. The van der Waals surface area contributed by atoms with Crippen molar-refractivity contribution in [1.82, 2.24) is 19.9 Å². The van der Waals surface area contributed by atoms with E-state index < -0.39 is 23.5 Å². The molecule has 4 aromatic rings. The fourth-order valence-corrected chi connectivity index (χ4v) is 5.02. The van der Waals surface area contributed by atoms with E-state index in [9.17, 15) is 26.3 Å². The number of piperidine rings is 1. The van der Waals surface area contributed by atoms with Gasteiger partial charge in [-0.15, -0.1) is 0 Å². The largest absolute Gasteiger partial charge is 0.418 e. The standard InChI is InChI=1S/C29H27F6N5/c1-18-4-3-14-40(17-18)15-12-25-38-24-16-19(26-23(29(33,34)35)5-2-13-36-26)6-11-22(24)27(39-25)37-21-9-7-20(8-10-21)28(30,31)32/h2,5-11,13,16,18H,3-4,12,14-15,17H2,1H3,(H,37,38,39). The van der Waals surface area contributed by atoms with Crippen LogP contribution in [-0.4, -0.2) is 39.5 Å².